The third-order valence-electron chi connectivity index (χ3n) is 5.36. The molecule has 0 unspecified atom stereocenters. The molecule has 0 aromatic heterocycles. The van der Waals surface area contributed by atoms with Crippen molar-refractivity contribution in [1.82, 2.24) is 4.90 Å². The Morgan fingerprint density at radius 3 is 2.25 bits per heavy atom. The summed E-state index contributed by atoms with van der Waals surface area (Å²) in [5.41, 5.74) is 4.85. The Morgan fingerprint density at radius 2 is 1.56 bits per heavy atom. The van der Waals surface area contributed by atoms with Crippen molar-refractivity contribution in [1.29, 1.82) is 0 Å². The number of carbonyl (C=O) groups excluding carboxylic acids is 1. The number of benzene rings is 3. The van der Waals surface area contributed by atoms with Gasteiger partial charge in [0.15, 0.2) is 5.84 Å². The highest BCUT2D eigenvalue weighted by atomic mass is 16.5. The van der Waals surface area contributed by atoms with Crippen LogP contribution in [0.4, 0.5) is 0 Å². The first kappa shape index (κ1) is 19.7. The summed E-state index contributed by atoms with van der Waals surface area (Å²) in [4.78, 5) is 24.5. The van der Waals surface area contributed by atoms with E-state index in [4.69, 9.17) is 9.73 Å². The molecule has 0 N–H and O–H groups in total. The molecule has 0 spiro atoms. The number of aliphatic imine (C=N–C) groups is 2. The van der Waals surface area contributed by atoms with Crippen LogP contribution >= 0.6 is 0 Å². The molecule has 0 aliphatic carbocycles. The van der Waals surface area contributed by atoms with Crippen molar-refractivity contribution in [3.8, 4) is 5.75 Å². The Balaban J connectivity index is 1.55. The quantitative estimate of drug-likeness (QED) is 0.432. The Bertz CT molecular complexity index is 1270. The van der Waals surface area contributed by atoms with Gasteiger partial charge in [-0.2, -0.15) is 0 Å². The molecule has 32 heavy (non-hydrogen) atoms. The lowest BCUT2D eigenvalue weighted by molar-refractivity contribution is -0.120. The lowest BCUT2D eigenvalue weighted by Crippen LogP contribution is -2.36. The molecule has 2 aliphatic heterocycles. The lowest BCUT2D eigenvalue weighted by atomic mass is 10.1. The molecule has 2 aliphatic rings. The van der Waals surface area contributed by atoms with Crippen LogP contribution in [0.1, 0.15) is 16.7 Å². The molecule has 3 aromatic rings. The van der Waals surface area contributed by atoms with Gasteiger partial charge in [-0.25, -0.2) is 9.98 Å². The molecule has 5 heteroatoms. The maximum atomic E-state index is 13.3. The Labute approximate surface area is 186 Å². The van der Waals surface area contributed by atoms with Gasteiger partial charge in [-0.05, 0) is 29.3 Å². The summed E-state index contributed by atoms with van der Waals surface area (Å²) in [5, 5.41) is 0. The van der Waals surface area contributed by atoms with Crippen molar-refractivity contribution in [2.24, 2.45) is 9.98 Å². The van der Waals surface area contributed by atoms with Crippen molar-refractivity contribution >= 4 is 29.2 Å². The van der Waals surface area contributed by atoms with Gasteiger partial charge in [-0.15, -0.1) is 0 Å². The van der Waals surface area contributed by atoms with Gasteiger partial charge in [0, 0.05) is 18.2 Å². The molecule has 5 rings (SSSR count). The molecular weight excluding hydrogens is 399 g/mol. The molecule has 5 nitrogen and oxygen atoms in total. The number of methoxy groups -OCH3 is 1. The summed E-state index contributed by atoms with van der Waals surface area (Å²) < 4.78 is 5.22. The maximum absolute atomic E-state index is 13.3. The fraction of sp³-hybridized carbons (Fsp3) is 0.0741. The lowest BCUT2D eigenvalue weighted by Gasteiger charge is -2.21. The maximum Gasteiger partial charge on any atom is 0.282 e. The molecule has 0 fully saturated rings. The Morgan fingerprint density at radius 1 is 0.875 bits per heavy atom. The van der Waals surface area contributed by atoms with Crippen LogP contribution in [0.3, 0.4) is 0 Å². The third kappa shape index (κ3) is 3.88. The minimum atomic E-state index is -0.162. The first-order valence-electron chi connectivity index (χ1n) is 10.4. The van der Waals surface area contributed by atoms with Gasteiger partial charge in [-0.3, -0.25) is 9.69 Å². The second kappa shape index (κ2) is 8.47. The van der Waals surface area contributed by atoms with E-state index in [1.807, 2.05) is 72.8 Å². The van der Waals surface area contributed by atoms with Crippen LogP contribution < -0.4 is 4.74 Å². The number of hydrogen-bond donors (Lipinski definition) is 0. The highest BCUT2D eigenvalue weighted by Crippen LogP contribution is 2.29. The third-order valence-corrected chi connectivity index (χ3v) is 5.36. The molecule has 0 bridgehead atoms. The molecule has 3 aromatic carbocycles. The van der Waals surface area contributed by atoms with E-state index in [-0.39, 0.29) is 5.91 Å². The summed E-state index contributed by atoms with van der Waals surface area (Å²) in [6, 6.07) is 27.5. The van der Waals surface area contributed by atoms with Gasteiger partial charge >= 0.3 is 0 Å². The average molecular weight is 420 g/mol. The number of amides is 1. The number of rotatable bonds is 5. The number of ether oxygens (including phenoxy) is 1. The Hall–Kier alpha value is -4.25. The SMILES string of the molecule is COc1ccc(/[13CH]=C2\N=C3C(Cc4ccccc4)=NC(c4ccccc4)=CN3C2=O)cc1. The van der Waals surface area contributed by atoms with E-state index < -0.39 is 0 Å². The second-order valence-electron chi connectivity index (χ2n) is 7.51. The van der Waals surface area contributed by atoms with Crippen molar-refractivity contribution in [3.05, 3.63) is 114 Å². The highest BCUT2D eigenvalue weighted by molar-refractivity contribution is 6.48. The zero-order chi connectivity index (χ0) is 21.9. The molecule has 2 heterocycles. The standard InChI is InChI=1S/C27H21N3O2/c1-32-22-14-12-20(13-15-22)17-24-27(31)30-18-25(21-10-6-3-7-11-21)28-23(26(30)29-24)16-19-8-4-2-5-9-19/h2-15,17-18H,16H2,1H3/b24-17-/i17+1. The monoisotopic (exact) mass is 420 g/mol. The van der Waals surface area contributed by atoms with E-state index in [2.05, 4.69) is 17.1 Å². The number of carbonyl (C=O) groups is 1. The van der Waals surface area contributed by atoms with Gasteiger partial charge in [0.25, 0.3) is 5.91 Å². The molecule has 156 valence electrons. The van der Waals surface area contributed by atoms with E-state index >= 15 is 0 Å². The summed E-state index contributed by atoms with van der Waals surface area (Å²) in [6.45, 7) is 0. The van der Waals surface area contributed by atoms with Gasteiger partial charge in [0.05, 0.1) is 18.5 Å². The molecule has 0 atom stereocenters. The minimum Gasteiger partial charge on any atom is -0.497 e. The van der Waals surface area contributed by atoms with Crippen LogP contribution in [0.2, 0.25) is 0 Å². The Kier molecular flexibility index (Phi) is 5.22. The average Bonchev–Trinajstić information content (AvgIpc) is 3.16. The summed E-state index contributed by atoms with van der Waals surface area (Å²) >= 11 is 0. The first-order valence-corrected chi connectivity index (χ1v) is 10.4. The van der Waals surface area contributed by atoms with Gasteiger partial charge in [0.2, 0.25) is 0 Å². The summed E-state index contributed by atoms with van der Waals surface area (Å²) in [7, 11) is 1.63. The van der Waals surface area contributed by atoms with Crippen LogP contribution in [0.5, 0.6) is 5.75 Å². The van der Waals surface area contributed by atoms with Gasteiger partial charge in [0.1, 0.15) is 11.4 Å². The fourth-order valence-electron chi connectivity index (χ4n) is 3.71. The molecular formula is C27H21N3O2. The largest absolute Gasteiger partial charge is 0.497 e. The number of fused-ring (bicyclic) bond motifs is 1. The van der Waals surface area contributed by atoms with E-state index in [9.17, 15) is 4.79 Å². The van der Waals surface area contributed by atoms with Crippen molar-refractivity contribution in [2.75, 3.05) is 7.11 Å². The zero-order valence-electron chi connectivity index (χ0n) is 17.6. The van der Waals surface area contributed by atoms with Crippen molar-refractivity contribution in [3.63, 3.8) is 0 Å². The van der Waals surface area contributed by atoms with Gasteiger partial charge in [-0.1, -0.05) is 72.8 Å². The summed E-state index contributed by atoms with van der Waals surface area (Å²) in [5.74, 6) is 1.18. The van der Waals surface area contributed by atoms with Crippen LogP contribution in [0, 0.1) is 0 Å². The van der Waals surface area contributed by atoms with E-state index in [0.29, 0.717) is 18.0 Å². The number of amidine groups is 1. The van der Waals surface area contributed by atoms with Crippen molar-refractivity contribution in [2.45, 2.75) is 6.42 Å². The fourth-order valence-corrected chi connectivity index (χ4v) is 3.71. The summed E-state index contributed by atoms with van der Waals surface area (Å²) in [6.07, 6.45) is 4.16. The number of nitrogens with zero attached hydrogens (tertiary/aromatic N) is 3. The second-order valence-corrected chi connectivity index (χ2v) is 7.51. The first-order chi connectivity index (χ1) is 15.7. The van der Waals surface area contributed by atoms with E-state index in [1.165, 1.54) is 0 Å². The molecule has 0 saturated carbocycles. The van der Waals surface area contributed by atoms with Crippen LogP contribution in [-0.2, 0) is 11.2 Å². The normalized spacial score (nSPS) is 16.4. The van der Waals surface area contributed by atoms with Crippen LogP contribution in [0.15, 0.2) is 107 Å². The van der Waals surface area contributed by atoms with Crippen LogP contribution in [0.25, 0.3) is 11.8 Å². The number of hydrogen-bond acceptors (Lipinski definition) is 4. The minimum absolute atomic E-state index is 0.162. The predicted molar refractivity (Wildman–Crippen MR) is 127 cm³/mol. The van der Waals surface area contributed by atoms with E-state index in [1.54, 1.807) is 24.3 Å². The molecule has 0 radical (unpaired) electrons. The van der Waals surface area contributed by atoms with Gasteiger partial charge < -0.3 is 4.74 Å². The van der Waals surface area contributed by atoms with Crippen molar-refractivity contribution < 1.29 is 9.53 Å². The predicted octanol–water partition coefficient (Wildman–Crippen LogP) is 4.97. The van der Waals surface area contributed by atoms with Crippen LogP contribution in [-0.4, -0.2) is 29.5 Å². The zero-order valence-corrected chi connectivity index (χ0v) is 17.6. The molecule has 1 amide bonds. The molecule has 0 saturated heterocycles. The van der Waals surface area contributed by atoms with E-state index in [0.717, 1.165) is 33.8 Å². The highest BCUT2D eigenvalue weighted by Gasteiger charge is 2.35. The topological polar surface area (TPSA) is 54.3 Å². The smallest absolute Gasteiger partial charge is 0.282 e.